The molecular weight excluding hydrogens is 357 g/mol. The van der Waals surface area contributed by atoms with Crippen LogP contribution in [0, 0.1) is 17.1 Å². The van der Waals surface area contributed by atoms with Crippen LogP contribution in [0.4, 0.5) is 4.39 Å². The molecule has 0 radical (unpaired) electrons. The van der Waals surface area contributed by atoms with Gasteiger partial charge in [-0.1, -0.05) is 22.0 Å². The van der Waals surface area contributed by atoms with Crippen LogP contribution in [-0.4, -0.2) is 11.1 Å². The summed E-state index contributed by atoms with van der Waals surface area (Å²) in [5.41, 5.74) is 1.12. The van der Waals surface area contributed by atoms with E-state index in [-0.39, 0.29) is 11.1 Å². The van der Waals surface area contributed by atoms with Gasteiger partial charge in [0, 0.05) is 15.1 Å². The van der Waals surface area contributed by atoms with E-state index in [9.17, 15) is 9.18 Å². The number of benzene rings is 2. The van der Waals surface area contributed by atoms with Gasteiger partial charge in [-0.3, -0.25) is 0 Å². The molecule has 0 aliphatic carbocycles. The van der Waals surface area contributed by atoms with E-state index in [0.29, 0.717) is 16.2 Å². The minimum atomic E-state index is -1.01. The van der Waals surface area contributed by atoms with Crippen LogP contribution in [0.5, 0.6) is 0 Å². The maximum absolute atomic E-state index is 13.1. The summed E-state index contributed by atoms with van der Waals surface area (Å²) < 4.78 is 13.9. The third-order valence-corrected chi connectivity index (χ3v) is 4.35. The number of nitriles is 1. The SMILES string of the molecule is N#Cc1cc(F)ccc1CSc1cc(Br)ccc1C(=O)O. The standard InChI is InChI=1S/C15H9BrFNO2S/c16-11-2-4-13(15(19)20)14(6-11)21-8-9-1-3-12(17)5-10(9)7-18/h1-6H,8H2,(H,19,20). The first-order chi connectivity index (χ1) is 10.0. The Hall–Kier alpha value is -1.84. The molecule has 0 aromatic heterocycles. The molecule has 0 unspecified atom stereocenters. The van der Waals surface area contributed by atoms with Gasteiger partial charge in [0.15, 0.2) is 0 Å². The average molecular weight is 366 g/mol. The molecule has 106 valence electrons. The predicted molar refractivity (Wildman–Crippen MR) is 81.8 cm³/mol. The predicted octanol–water partition coefficient (Wildman–Crippen LogP) is 4.45. The van der Waals surface area contributed by atoms with Gasteiger partial charge in [-0.25, -0.2) is 9.18 Å². The molecule has 0 spiro atoms. The van der Waals surface area contributed by atoms with Crippen molar-refractivity contribution < 1.29 is 14.3 Å². The van der Waals surface area contributed by atoms with Gasteiger partial charge in [-0.2, -0.15) is 5.26 Å². The summed E-state index contributed by atoms with van der Waals surface area (Å²) in [6.45, 7) is 0. The molecule has 0 atom stereocenters. The van der Waals surface area contributed by atoms with Crippen molar-refractivity contribution in [3.63, 3.8) is 0 Å². The fourth-order valence-electron chi connectivity index (χ4n) is 1.73. The zero-order valence-corrected chi connectivity index (χ0v) is 13.0. The van der Waals surface area contributed by atoms with E-state index in [1.165, 1.54) is 30.0 Å². The lowest BCUT2D eigenvalue weighted by Crippen LogP contribution is -1.99. The second-order valence-electron chi connectivity index (χ2n) is 4.15. The molecule has 2 rings (SSSR count). The van der Waals surface area contributed by atoms with Crippen molar-refractivity contribution in [2.75, 3.05) is 0 Å². The van der Waals surface area contributed by atoms with Gasteiger partial charge in [-0.15, -0.1) is 11.8 Å². The van der Waals surface area contributed by atoms with Crippen LogP contribution in [0.3, 0.4) is 0 Å². The Balaban J connectivity index is 2.27. The number of carboxylic acid groups (broad SMARTS) is 1. The number of hydrogen-bond donors (Lipinski definition) is 1. The molecule has 2 aromatic rings. The fourth-order valence-corrected chi connectivity index (χ4v) is 3.32. The van der Waals surface area contributed by atoms with Crippen LogP contribution in [0.15, 0.2) is 45.8 Å². The Morgan fingerprint density at radius 1 is 1.33 bits per heavy atom. The zero-order valence-electron chi connectivity index (χ0n) is 10.6. The van der Waals surface area contributed by atoms with Crippen LogP contribution >= 0.6 is 27.7 Å². The van der Waals surface area contributed by atoms with Gasteiger partial charge in [0.1, 0.15) is 5.82 Å². The summed E-state index contributed by atoms with van der Waals surface area (Å²) in [5.74, 6) is -1.08. The van der Waals surface area contributed by atoms with Crippen molar-refractivity contribution in [3.05, 3.63) is 63.4 Å². The van der Waals surface area contributed by atoms with Gasteiger partial charge in [-0.05, 0) is 35.9 Å². The van der Waals surface area contributed by atoms with E-state index in [1.807, 2.05) is 6.07 Å². The Labute approximate surface area is 133 Å². The van der Waals surface area contributed by atoms with Crippen LogP contribution in [0.1, 0.15) is 21.5 Å². The smallest absolute Gasteiger partial charge is 0.336 e. The van der Waals surface area contributed by atoms with Crippen LogP contribution in [-0.2, 0) is 5.75 Å². The average Bonchev–Trinajstić information content (AvgIpc) is 2.45. The first-order valence-electron chi connectivity index (χ1n) is 5.85. The lowest BCUT2D eigenvalue weighted by Gasteiger charge is -2.08. The van der Waals surface area contributed by atoms with E-state index in [1.54, 1.807) is 18.2 Å². The summed E-state index contributed by atoms with van der Waals surface area (Å²) >= 11 is 4.59. The maximum atomic E-state index is 13.1. The van der Waals surface area contributed by atoms with Crippen LogP contribution in [0.25, 0.3) is 0 Å². The van der Waals surface area contributed by atoms with Gasteiger partial charge in [0.25, 0.3) is 0 Å². The first kappa shape index (κ1) is 15.5. The summed E-state index contributed by atoms with van der Waals surface area (Å²) in [5, 5.41) is 18.2. The molecule has 0 bridgehead atoms. The summed E-state index contributed by atoms with van der Waals surface area (Å²) in [4.78, 5) is 11.8. The first-order valence-corrected chi connectivity index (χ1v) is 7.63. The monoisotopic (exact) mass is 365 g/mol. The number of carbonyl (C=O) groups is 1. The third kappa shape index (κ3) is 3.84. The van der Waals surface area contributed by atoms with Gasteiger partial charge < -0.3 is 5.11 Å². The molecule has 0 aliphatic rings. The molecule has 0 aliphatic heterocycles. The summed E-state index contributed by atoms with van der Waals surface area (Å²) in [6.07, 6.45) is 0. The highest BCUT2D eigenvalue weighted by Crippen LogP contribution is 2.30. The number of carboxylic acids is 1. The van der Waals surface area contributed by atoms with Gasteiger partial charge in [0.2, 0.25) is 0 Å². The Kier molecular flexibility index (Phi) is 4.99. The Bertz CT molecular complexity index is 743. The molecular formula is C15H9BrFNO2S. The second kappa shape index (κ2) is 6.74. The number of thioether (sulfide) groups is 1. The summed E-state index contributed by atoms with van der Waals surface area (Å²) in [7, 11) is 0. The number of rotatable bonds is 4. The minimum Gasteiger partial charge on any atom is -0.478 e. The molecule has 21 heavy (non-hydrogen) atoms. The lowest BCUT2D eigenvalue weighted by molar-refractivity contribution is 0.0693. The fraction of sp³-hybridized carbons (Fsp3) is 0.0667. The van der Waals surface area contributed by atoms with E-state index < -0.39 is 11.8 Å². The van der Waals surface area contributed by atoms with Crippen molar-refractivity contribution in [2.24, 2.45) is 0 Å². The summed E-state index contributed by atoms with van der Waals surface area (Å²) in [6, 6.07) is 10.8. The quantitative estimate of drug-likeness (QED) is 0.813. The molecule has 3 nitrogen and oxygen atoms in total. The highest BCUT2D eigenvalue weighted by atomic mass is 79.9. The van der Waals surface area contributed by atoms with Crippen molar-refractivity contribution >= 4 is 33.7 Å². The lowest BCUT2D eigenvalue weighted by atomic mass is 10.1. The molecule has 0 amide bonds. The normalized spacial score (nSPS) is 10.1. The Morgan fingerprint density at radius 2 is 2.10 bits per heavy atom. The van der Waals surface area contributed by atoms with E-state index in [4.69, 9.17) is 10.4 Å². The molecule has 6 heteroatoms. The Morgan fingerprint density at radius 3 is 2.76 bits per heavy atom. The van der Waals surface area contributed by atoms with E-state index in [0.717, 1.165) is 4.47 Å². The van der Waals surface area contributed by atoms with Crippen LogP contribution in [0.2, 0.25) is 0 Å². The molecule has 0 heterocycles. The molecule has 1 N–H and O–H groups in total. The highest BCUT2D eigenvalue weighted by molar-refractivity contribution is 9.10. The van der Waals surface area contributed by atoms with Crippen LogP contribution < -0.4 is 0 Å². The van der Waals surface area contributed by atoms with Crippen molar-refractivity contribution in [1.29, 1.82) is 5.26 Å². The second-order valence-corrected chi connectivity index (χ2v) is 6.08. The van der Waals surface area contributed by atoms with E-state index in [2.05, 4.69) is 15.9 Å². The number of nitrogens with zero attached hydrogens (tertiary/aromatic N) is 1. The minimum absolute atomic E-state index is 0.198. The topological polar surface area (TPSA) is 61.1 Å². The number of hydrogen-bond acceptors (Lipinski definition) is 3. The third-order valence-electron chi connectivity index (χ3n) is 2.75. The number of halogens is 2. The zero-order chi connectivity index (χ0) is 15.4. The molecule has 0 saturated heterocycles. The van der Waals surface area contributed by atoms with Gasteiger partial charge in [0.05, 0.1) is 17.2 Å². The molecule has 0 fully saturated rings. The van der Waals surface area contributed by atoms with E-state index >= 15 is 0 Å². The molecule has 2 aromatic carbocycles. The van der Waals surface area contributed by atoms with Crippen molar-refractivity contribution in [2.45, 2.75) is 10.6 Å². The van der Waals surface area contributed by atoms with Crippen molar-refractivity contribution in [3.8, 4) is 6.07 Å². The maximum Gasteiger partial charge on any atom is 0.336 e. The van der Waals surface area contributed by atoms with Crippen molar-refractivity contribution in [1.82, 2.24) is 0 Å². The highest BCUT2D eigenvalue weighted by Gasteiger charge is 2.12. The molecule has 0 saturated carbocycles. The van der Waals surface area contributed by atoms with Gasteiger partial charge >= 0.3 is 5.97 Å². The largest absolute Gasteiger partial charge is 0.478 e. The number of aromatic carboxylic acids is 1.